The van der Waals surface area contributed by atoms with Crippen LogP contribution in [0.25, 0.3) is 0 Å². The number of anilines is 1. The van der Waals surface area contributed by atoms with Crippen molar-refractivity contribution in [1.29, 1.82) is 0 Å². The summed E-state index contributed by atoms with van der Waals surface area (Å²) < 4.78 is 0. The van der Waals surface area contributed by atoms with E-state index in [9.17, 15) is 0 Å². The highest BCUT2D eigenvalue weighted by molar-refractivity contribution is 5.46. The van der Waals surface area contributed by atoms with Crippen LogP contribution in [-0.4, -0.2) is 43.1 Å². The molecule has 2 rings (SSSR count). The molecular weight excluding hydrogens is 224 g/mol. The molecule has 4 nitrogen and oxygen atoms in total. The van der Waals surface area contributed by atoms with E-state index in [2.05, 4.69) is 48.1 Å². The molecule has 0 radical (unpaired) electrons. The van der Waals surface area contributed by atoms with Crippen molar-refractivity contribution >= 4 is 5.69 Å². The normalized spacial score (nSPS) is 17.6. The topological polar surface area (TPSA) is 45.4 Å². The highest BCUT2D eigenvalue weighted by atomic mass is 15.2. The Morgan fingerprint density at radius 2 is 2.06 bits per heavy atom. The van der Waals surface area contributed by atoms with Crippen molar-refractivity contribution in [3.8, 4) is 0 Å². The molecular formula is C14H24N4. The molecule has 1 saturated carbocycles. The lowest BCUT2D eigenvalue weighted by atomic mass is 9.75. The average molecular weight is 248 g/mol. The minimum absolute atomic E-state index is 0.348. The summed E-state index contributed by atoms with van der Waals surface area (Å²) in [6, 6.07) is 4.14. The predicted molar refractivity (Wildman–Crippen MR) is 75.7 cm³/mol. The third-order valence-corrected chi connectivity index (χ3v) is 4.21. The van der Waals surface area contributed by atoms with Gasteiger partial charge in [0.25, 0.3) is 0 Å². The number of nitrogens with two attached hydrogens (primary N) is 1. The number of aromatic nitrogens is 1. The smallest absolute Gasteiger partial charge is 0.0560 e. The minimum Gasteiger partial charge on any atom is -0.373 e. The van der Waals surface area contributed by atoms with Crippen LogP contribution in [0.2, 0.25) is 0 Å². The molecule has 1 aromatic rings. The second-order valence-corrected chi connectivity index (χ2v) is 5.54. The molecule has 0 spiro atoms. The minimum atomic E-state index is 0.348. The monoisotopic (exact) mass is 248 g/mol. The van der Waals surface area contributed by atoms with Gasteiger partial charge in [0, 0.05) is 37.6 Å². The Labute approximate surface area is 110 Å². The Kier molecular flexibility index (Phi) is 3.88. The van der Waals surface area contributed by atoms with E-state index in [1.165, 1.54) is 24.9 Å². The van der Waals surface area contributed by atoms with E-state index in [-0.39, 0.29) is 0 Å². The van der Waals surface area contributed by atoms with E-state index >= 15 is 0 Å². The van der Waals surface area contributed by atoms with Gasteiger partial charge < -0.3 is 15.5 Å². The first-order valence-electron chi connectivity index (χ1n) is 6.61. The highest BCUT2D eigenvalue weighted by Gasteiger charge is 2.39. The number of nitrogens with zero attached hydrogens (tertiary/aromatic N) is 3. The second-order valence-electron chi connectivity index (χ2n) is 5.54. The molecule has 2 N–H and O–H groups in total. The predicted octanol–water partition coefficient (Wildman–Crippen LogP) is 1.46. The molecule has 0 aliphatic heterocycles. The Hall–Kier alpha value is -1.13. The lowest BCUT2D eigenvalue weighted by Gasteiger charge is -2.49. The molecule has 100 valence electrons. The van der Waals surface area contributed by atoms with Crippen LogP contribution in [0.3, 0.4) is 0 Å². The van der Waals surface area contributed by atoms with E-state index in [1.807, 2.05) is 6.20 Å². The highest BCUT2D eigenvalue weighted by Crippen LogP contribution is 2.37. The molecule has 18 heavy (non-hydrogen) atoms. The summed E-state index contributed by atoms with van der Waals surface area (Å²) in [6.07, 6.45) is 5.77. The first-order valence-corrected chi connectivity index (χ1v) is 6.61. The first kappa shape index (κ1) is 13.3. The van der Waals surface area contributed by atoms with Crippen LogP contribution < -0.4 is 10.6 Å². The van der Waals surface area contributed by atoms with Gasteiger partial charge in [0.2, 0.25) is 0 Å². The Balaban J connectivity index is 2.09. The van der Waals surface area contributed by atoms with Crippen LogP contribution in [-0.2, 0) is 6.54 Å². The molecule has 4 heteroatoms. The van der Waals surface area contributed by atoms with Gasteiger partial charge in [0.15, 0.2) is 0 Å². The number of likely N-dealkylation sites (N-methyl/N-ethyl adjacent to an activating group) is 2. The largest absolute Gasteiger partial charge is 0.373 e. The van der Waals surface area contributed by atoms with Crippen molar-refractivity contribution in [3.63, 3.8) is 0 Å². The van der Waals surface area contributed by atoms with E-state index in [4.69, 9.17) is 5.73 Å². The molecule has 0 aromatic carbocycles. The Morgan fingerprint density at radius 1 is 1.33 bits per heavy atom. The van der Waals surface area contributed by atoms with Crippen molar-refractivity contribution in [2.45, 2.75) is 31.3 Å². The summed E-state index contributed by atoms with van der Waals surface area (Å²) in [6.45, 7) is 1.56. The maximum Gasteiger partial charge on any atom is 0.0560 e. The summed E-state index contributed by atoms with van der Waals surface area (Å²) in [5.74, 6) is 0. The van der Waals surface area contributed by atoms with Crippen LogP contribution >= 0.6 is 0 Å². The van der Waals surface area contributed by atoms with Crippen LogP contribution in [0, 0.1) is 0 Å². The number of hydrogen-bond donors (Lipinski definition) is 1. The molecule has 0 atom stereocenters. The van der Waals surface area contributed by atoms with Crippen LogP contribution in [0.15, 0.2) is 18.3 Å². The molecule has 1 heterocycles. The van der Waals surface area contributed by atoms with Crippen molar-refractivity contribution in [2.24, 2.45) is 5.73 Å². The summed E-state index contributed by atoms with van der Waals surface area (Å²) in [5, 5.41) is 0. The fourth-order valence-corrected chi connectivity index (χ4v) is 2.68. The number of rotatable bonds is 5. The van der Waals surface area contributed by atoms with Gasteiger partial charge in [-0.3, -0.25) is 4.98 Å². The molecule has 0 amide bonds. The van der Waals surface area contributed by atoms with Crippen molar-refractivity contribution in [2.75, 3.05) is 32.6 Å². The zero-order valence-corrected chi connectivity index (χ0v) is 11.7. The van der Waals surface area contributed by atoms with E-state index in [0.717, 1.165) is 12.2 Å². The van der Waals surface area contributed by atoms with Gasteiger partial charge in [0.1, 0.15) is 0 Å². The number of pyridine rings is 1. The fraction of sp³-hybridized carbons (Fsp3) is 0.643. The van der Waals surface area contributed by atoms with E-state index < -0.39 is 0 Å². The summed E-state index contributed by atoms with van der Waals surface area (Å²) in [7, 11) is 6.52. The van der Waals surface area contributed by atoms with Crippen LogP contribution in [0.4, 0.5) is 5.69 Å². The van der Waals surface area contributed by atoms with Gasteiger partial charge in [-0.2, -0.15) is 0 Å². The molecule has 0 bridgehead atoms. The maximum atomic E-state index is 5.64. The number of hydrogen-bond acceptors (Lipinski definition) is 4. The molecule has 1 aliphatic rings. The zero-order valence-electron chi connectivity index (χ0n) is 11.7. The summed E-state index contributed by atoms with van der Waals surface area (Å²) in [5.41, 5.74) is 8.15. The SMILES string of the molecule is CN(CC1(N(C)C)CCC1)c1ccnc(CN)c1. The molecule has 1 aromatic heterocycles. The Morgan fingerprint density at radius 3 is 2.56 bits per heavy atom. The first-order chi connectivity index (χ1) is 8.57. The molecule has 1 aliphatic carbocycles. The third-order valence-electron chi connectivity index (χ3n) is 4.21. The molecule has 1 fully saturated rings. The van der Waals surface area contributed by atoms with Crippen LogP contribution in [0.5, 0.6) is 0 Å². The van der Waals surface area contributed by atoms with Crippen molar-refractivity contribution in [1.82, 2.24) is 9.88 Å². The van der Waals surface area contributed by atoms with Gasteiger partial charge in [-0.1, -0.05) is 0 Å². The van der Waals surface area contributed by atoms with Crippen molar-refractivity contribution < 1.29 is 0 Å². The quantitative estimate of drug-likeness (QED) is 0.857. The van der Waals surface area contributed by atoms with Crippen molar-refractivity contribution in [3.05, 3.63) is 24.0 Å². The lowest BCUT2D eigenvalue weighted by molar-refractivity contribution is 0.0683. The maximum absolute atomic E-state index is 5.64. The summed E-state index contributed by atoms with van der Waals surface area (Å²) >= 11 is 0. The summed E-state index contributed by atoms with van der Waals surface area (Å²) in [4.78, 5) is 8.94. The standard InChI is InChI=1S/C14H24N4/c1-17(2)14(6-4-7-14)11-18(3)13-5-8-16-12(9-13)10-15/h5,8-9H,4,6-7,10-11,15H2,1-3H3. The zero-order chi connectivity index (χ0) is 13.2. The van der Waals surface area contributed by atoms with Crippen LogP contribution in [0.1, 0.15) is 25.0 Å². The fourth-order valence-electron chi connectivity index (χ4n) is 2.68. The van der Waals surface area contributed by atoms with Gasteiger partial charge in [0.05, 0.1) is 5.69 Å². The van der Waals surface area contributed by atoms with E-state index in [0.29, 0.717) is 12.1 Å². The van der Waals surface area contributed by atoms with Gasteiger partial charge in [-0.15, -0.1) is 0 Å². The van der Waals surface area contributed by atoms with Gasteiger partial charge in [-0.25, -0.2) is 0 Å². The van der Waals surface area contributed by atoms with Gasteiger partial charge in [-0.05, 0) is 45.5 Å². The molecule has 0 unspecified atom stereocenters. The Bertz CT molecular complexity index is 399. The second kappa shape index (κ2) is 5.24. The van der Waals surface area contributed by atoms with Gasteiger partial charge >= 0.3 is 0 Å². The molecule has 0 saturated heterocycles. The average Bonchev–Trinajstić information content (AvgIpc) is 2.33. The third kappa shape index (κ3) is 2.49. The van der Waals surface area contributed by atoms with E-state index in [1.54, 1.807) is 0 Å². The lowest BCUT2D eigenvalue weighted by Crippen LogP contribution is -2.56.